The second-order valence-corrected chi connectivity index (χ2v) is 4.61. The van der Waals surface area contributed by atoms with Crippen molar-refractivity contribution >= 4 is 0 Å². The average Bonchev–Trinajstić information content (AvgIpc) is 2.93. The standard InChI is InChI=1S/C12H25NO/c1-3-9-13(12-7-8-12)10-5-4-6-11(2)14/h11-12,14H,3-10H2,1-2H3. The fraction of sp³-hybridized carbons (Fsp3) is 1.00. The Kier molecular flexibility index (Phi) is 5.49. The van der Waals surface area contributed by atoms with Crippen LogP contribution in [0.4, 0.5) is 0 Å². The summed E-state index contributed by atoms with van der Waals surface area (Å²) in [4.78, 5) is 2.63. The van der Waals surface area contributed by atoms with Gasteiger partial charge >= 0.3 is 0 Å². The molecule has 1 fully saturated rings. The normalized spacial score (nSPS) is 18.9. The smallest absolute Gasteiger partial charge is 0.0512 e. The third kappa shape index (κ3) is 4.97. The van der Waals surface area contributed by atoms with E-state index in [1.54, 1.807) is 0 Å². The Morgan fingerprint density at radius 2 is 2.00 bits per heavy atom. The van der Waals surface area contributed by atoms with E-state index in [2.05, 4.69) is 11.8 Å². The van der Waals surface area contributed by atoms with Crippen LogP contribution in [0.3, 0.4) is 0 Å². The van der Waals surface area contributed by atoms with Gasteiger partial charge in [0.25, 0.3) is 0 Å². The van der Waals surface area contributed by atoms with Crippen molar-refractivity contribution in [3.05, 3.63) is 0 Å². The Morgan fingerprint density at radius 1 is 1.29 bits per heavy atom. The van der Waals surface area contributed by atoms with Crippen molar-refractivity contribution in [2.45, 2.75) is 64.5 Å². The zero-order valence-corrected chi connectivity index (χ0v) is 9.71. The summed E-state index contributed by atoms with van der Waals surface area (Å²) >= 11 is 0. The van der Waals surface area contributed by atoms with Gasteiger partial charge in [-0.2, -0.15) is 0 Å². The first-order valence-corrected chi connectivity index (χ1v) is 6.16. The van der Waals surface area contributed by atoms with E-state index in [4.69, 9.17) is 5.11 Å². The molecule has 2 nitrogen and oxygen atoms in total. The first kappa shape index (κ1) is 12.0. The van der Waals surface area contributed by atoms with E-state index in [0.717, 1.165) is 12.5 Å². The fourth-order valence-electron chi connectivity index (χ4n) is 1.96. The maximum Gasteiger partial charge on any atom is 0.0512 e. The van der Waals surface area contributed by atoms with Crippen molar-refractivity contribution in [3.63, 3.8) is 0 Å². The first-order chi connectivity index (χ1) is 6.74. The predicted octanol–water partition coefficient (Wildman–Crippen LogP) is 2.41. The van der Waals surface area contributed by atoms with E-state index in [0.29, 0.717) is 0 Å². The van der Waals surface area contributed by atoms with E-state index in [1.165, 1.54) is 45.2 Å². The minimum atomic E-state index is -0.115. The van der Waals surface area contributed by atoms with Crippen molar-refractivity contribution in [1.82, 2.24) is 4.90 Å². The van der Waals surface area contributed by atoms with Crippen LogP contribution in [0.1, 0.15) is 52.4 Å². The molecule has 1 rings (SSSR count). The van der Waals surface area contributed by atoms with Gasteiger partial charge in [-0.05, 0) is 58.5 Å². The third-order valence-electron chi connectivity index (χ3n) is 2.89. The molecule has 1 aliphatic carbocycles. The van der Waals surface area contributed by atoms with Gasteiger partial charge in [0.1, 0.15) is 0 Å². The van der Waals surface area contributed by atoms with Crippen LogP contribution < -0.4 is 0 Å². The highest BCUT2D eigenvalue weighted by atomic mass is 16.3. The van der Waals surface area contributed by atoms with Gasteiger partial charge in [-0.3, -0.25) is 0 Å². The molecule has 2 heteroatoms. The maximum atomic E-state index is 9.13. The van der Waals surface area contributed by atoms with Gasteiger partial charge in [-0.1, -0.05) is 6.92 Å². The van der Waals surface area contributed by atoms with Crippen LogP contribution in [0.2, 0.25) is 0 Å². The van der Waals surface area contributed by atoms with Crippen molar-refractivity contribution in [1.29, 1.82) is 0 Å². The summed E-state index contributed by atoms with van der Waals surface area (Å²) in [7, 11) is 0. The molecule has 1 N–H and O–H groups in total. The molecule has 0 aromatic carbocycles. The van der Waals surface area contributed by atoms with Crippen molar-refractivity contribution in [3.8, 4) is 0 Å². The Morgan fingerprint density at radius 3 is 2.50 bits per heavy atom. The van der Waals surface area contributed by atoms with Gasteiger partial charge in [0, 0.05) is 6.04 Å². The monoisotopic (exact) mass is 199 g/mol. The summed E-state index contributed by atoms with van der Waals surface area (Å²) in [6.45, 7) is 6.64. The van der Waals surface area contributed by atoms with Crippen LogP contribution in [0, 0.1) is 0 Å². The average molecular weight is 199 g/mol. The molecule has 0 heterocycles. The number of unbranched alkanes of at least 4 members (excludes halogenated alkanes) is 1. The van der Waals surface area contributed by atoms with E-state index >= 15 is 0 Å². The molecule has 0 radical (unpaired) electrons. The largest absolute Gasteiger partial charge is 0.393 e. The lowest BCUT2D eigenvalue weighted by molar-refractivity contribution is 0.176. The fourth-order valence-corrected chi connectivity index (χ4v) is 1.96. The molecule has 0 aromatic heterocycles. The van der Waals surface area contributed by atoms with Gasteiger partial charge < -0.3 is 10.0 Å². The van der Waals surface area contributed by atoms with Gasteiger partial charge in [0.05, 0.1) is 6.10 Å². The molecule has 14 heavy (non-hydrogen) atoms. The minimum absolute atomic E-state index is 0.115. The van der Waals surface area contributed by atoms with Crippen molar-refractivity contribution < 1.29 is 5.11 Å². The Balaban J connectivity index is 2.01. The zero-order valence-electron chi connectivity index (χ0n) is 9.71. The molecule has 0 amide bonds. The Bertz CT molecular complexity index is 143. The number of aliphatic hydroxyl groups is 1. The van der Waals surface area contributed by atoms with Crippen LogP contribution in [0.5, 0.6) is 0 Å². The summed E-state index contributed by atoms with van der Waals surface area (Å²) in [5.41, 5.74) is 0. The molecule has 0 saturated heterocycles. The highest BCUT2D eigenvalue weighted by Gasteiger charge is 2.27. The Labute approximate surface area is 88.3 Å². The lowest BCUT2D eigenvalue weighted by Gasteiger charge is -2.21. The molecule has 0 aliphatic heterocycles. The summed E-state index contributed by atoms with van der Waals surface area (Å²) < 4.78 is 0. The number of hydrogen-bond donors (Lipinski definition) is 1. The molecule has 0 spiro atoms. The zero-order chi connectivity index (χ0) is 10.4. The van der Waals surface area contributed by atoms with Crippen LogP contribution in [-0.2, 0) is 0 Å². The molecule has 1 saturated carbocycles. The topological polar surface area (TPSA) is 23.5 Å². The summed E-state index contributed by atoms with van der Waals surface area (Å²) in [5, 5.41) is 9.13. The second-order valence-electron chi connectivity index (χ2n) is 4.61. The molecule has 0 aromatic rings. The highest BCUT2D eigenvalue weighted by molar-refractivity contribution is 4.84. The van der Waals surface area contributed by atoms with E-state index in [9.17, 15) is 0 Å². The SMILES string of the molecule is CCCN(CCCCC(C)O)C1CC1. The second kappa shape index (κ2) is 6.41. The van der Waals surface area contributed by atoms with Crippen molar-refractivity contribution in [2.24, 2.45) is 0 Å². The number of hydrogen-bond acceptors (Lipinski definition) is 2. The third-order valence-corrected chi connectivity index (χ3v) is 2.89. The first-order valence-electron chi connectivity index (χ1n) is 6.16. The van der Waals surface area contributed by atoms with Crippen molar-refractivity contribution in [2.75, 3.05) is 13.1 Å². The quantitative estimate of drug-likeness (QED) is 0.607. The number of nitrogens with zero attached hydrogens (tertiary/aromatic N) is 1. The summed E-state index contributed by atoms with van der Waals surface area (Å²) in [6.07, 6.45) is 7.37. The van der Waals surface area contributed by atoms with Crippen LogP contribution in [0.15, 0.2) is 0 Å². The minimum Gasteiger partial charge on any atom is -0.393 e. The van der Waals surface area contributed by atoms with Crippen LogP contribution >= 0.6 is 0 Å². The van der Waals surface area contributed by atoms with Gasteiger partial charge in [-0.15, -0.1) is 0 Å². The van der Waals surface area contributed by atoms with E-state index < -0.39 is 0 Å². The number of aliphatic hydroxyl groups excluding tert-OH is 1. The number of rotatable bonds is 8. The molecule has 1 atom stereocenters. The lowest BCUT2D eigenvalue weighted by Crippen LogP contribution is -2.28. The van der Waals surface area contributed by atoms with E-state index in [-0.39, 0.29) is 6.10 Å². The molecule has 84 valence electrons. The lowest BCUT2D eigenvalue weighted by atomic mass is 10.1. The molecular weight excluding hydrogens is 174 g/mol. The Hall–Kier alpha value is -0.0800. The molecular formula is C12H25NO. The predicted molar refractivity (Wildman–Crippen MR) is 60.4 cm³/mol. The van der Waals surface area contributed by atoms with Gasteiger partial charge in [0.2, 0.25) is 0 Å². The van der Waals surface area contributed by atoms with Gasteiger partial charge in [-0.25, -0.2) is 0 Å². The molecule has 1 unspecified atom stereocenters. The molecule has 0 bridgehead atoms. The maximum absolute atomic E-state index is 9.13. The summed E-state index contributed by atoms with van der Waals surface area (Å²) in [6, 6.07) is 0.904. The molecule has 1 aliphatic rings. The van der Waals surface area contributed by atoms with Crippen LogP contribution in [-0.4, -0.2) is 35.2 Å². The summed E-state index contributed by atoms with van der Waals surface area (Å²) in [5.74, 6) is 0. The van der Waals surface area contributed by atoms with Gasteiger partial charge in [0.15, 0.2) is 0 Å². The van der Waals surface area contributed by atoms with Crippen LogP contribution in [0.25, 0.3) is 0 Å². The highest BCUT2D eigenvalue weighted by Crippen LogP contribution is 2.27. The van der Waals surface area contributed by atoms with E-state index in [1.807, 2.05) is 6.92 Å².